The molecule has 0 aromatic heterocycles. The van der Waals surface area contributed by atoms with E-state index in [-0.39, 0.29) is 30.1 Å². The Morgan fingerprint density at radius 3 is 1.98 bits per heavy atom. The van der Waals surface area contributed by atoms with Gasteiger partial charge in [0.1, 0.15) is 19.0 Å². The summed E-state index contributed by atoms with van der Waals surface area (Å²) < 4.78 is 49.5. The number of hydrogen-bond donors (Lipinski definition) is 0. The van der Waals surface area contributed by atoms with Gasteiger partial charge in [-0.1, -0.05) is 54.6 Å². The summed E-state index contributed by atoms with van der Waals surface area (Å²) in [6.45, 7) is -0.270. The molecule has 0 spiro atoms. The summed E-state index contributed by atoms with van der Waals surface area (Å²) >= 11 is 0. The monoisotopic (exact) mass is 580 g/mol. The van der Waals surface area contributed by atoms with Crippen LogP contribution in [0.5, 0.6) is 0 Å². The van der Waals surface area contributed by atoms with E-state index in [1.807, 2.05) is 0 Å². The molecular weight excluding hydrogens is 548 g/mol. The number of esters is 2. The predicted octanol–water partition coefficient (Wildman–Crippen LogP) is 3.92. The number of sulfone groups is 1. The minimum Gasteiger partial charge on any atom is -0.458 e. The van der Waals surface area contributed by atoms with Gasteiger partial charge in [-0.25, -0.2) is 18.0 Å². The van der Waals surface area contributed by atoms with Crippen molar-refractivity contribution in [3.8, 4) is 0 Å². The minimum atomic E-state index is -3.73. The third-order valence-corrected chi connectivity index (χ3v) is 8.73. The van der Waals surface area contributed by atoms with Gasteiger partial charge in [0, 0.05) is 25.9 Å². The van der Waals surface area contributed by atoms with E-state index in [9.17, 15) is 22.8 Å². The van der Waals surface area contributed by atoms with Crippen LogP contribution in [-0.2, 0) is 33.6 Å². The summed E-state index contributed by atoms with van der Waals surface area (Å²) in [5, 5.41) is 0. The number of rotatable bonds is 13. The van der Waals surface area contributed by atoms with Crippen molar-refractivity contribution in [2.24, 2.45) is 5.92 Å². The lowest BCUT2D eigenvalue weighted by Crippen LogP contribution is -2.38. The maximum absolute atomic E-state index is 13.2. The largest absolute Gasteiger partial charge is 0.458 e. The Morgan fingerprint density at radius 1 is 0.854 bits per heavy atom. The van der Waals surface area contributed by atoms with Crippen LogP contribution in [0.15, 0.2) is 95.9 Å². The zero-order valence-electron chi connectivity index (χ0n) is 22.5. The number of ether oxygens (including phenoxy) is 4. The average molecular weight is 581 g/mol. The molecule has 1 fully saturated rings. The van der Waals surface area contributed by atoms with Gasteiger partial charge in [-0.3, -0.25) is 0 Å². The SMILES string of the molecule is CO[C@@H]1[C@@H](CS(=O)(=O)c2ccccc2)[C@H](CC=O)O[C@@H]1CC(COC(=O)c1ccccc1)OC(=O)c1ccccc1. The Bertz CT molecular complexity index is 1400. The fourth-order valence-electron chi connectivity index (χ4n) is 4.94. The molecule has 3 aromatic rings. The van der Waals surface area contributed by atoms with Crippen LogP contribution in [0.1, 0.15) is 33.6 Å². The number of aldehydes is 1. The number of benzene rings is 3. The zero-order chi connectivity index (χ0) is 29.2. The Labute approximate surface area is 239 Å². The normalized spacial score (nSPS) is 21.1. The van der Waals surface area contributed by atoms with Crippen LogP contribution in [0.4, 0.5) is 0 Å². The molecule has 41 heavy (non-hydrogen) atoms. The van der Waals surface area contributed by atoms with Crippen LogP contribution in [0, 0.1) is 5.92 Å². The fraction of sp³-hybridized carbons (Fsp3) is 0.323. The van der Waals surface area contributed by atoms with Crippen molar-refractivity contribution in [2.45, 2.75) is 42.2 Å². The molecule has 1 aliphatic heterocycles. The van der Waals surface area contributed by atoms with Gasteiger partial charge < -0.3 is 23.7 Å². The number of methoxy groups -OCH3 is 1. The van der Waals surface area contributed by atoms with Gasteiger partial charge >= 0.3 is 11.9 Å². The first-order valence-electron chi connectivity index (χ1n) is 13.2. The predicted molar refractivity (Wildman–Crippen MR) is 149 cm³/mol. The van der Waals surface area contributed by atoms with Crippen molar-refractivity contribution in [3.05, 3.63) is 102 Å². The molecule has 0 amide bonds. The first-order chi connectivity index (χ1) is 19.8. The van der Waals surface area contributed by atoms with E-state index in [1.165, 1.54) is 19.2 Å². The van der Waals surface area contributed by atoms with Crippen molar-refractivity contribution in [3.63, 3.8) is 0 Å². The molecule has 3 aromatic carbocycles. The molecule has 1 heterocycles. The number of carbonyl (C=O) groups is 3. The molecule has 10 heteroatoms. The van der Waals surface area contributed by atoms with E-state index in [2.05, 4.69) is 0 Å². The Balaban J connectivity index is 1.54. The molecule has 0 bridgehead atoms. The van der Waals surface area contributed by atoms with Crippen LogP contribution in [0.3, 0.4) is 0 Å². The first-order valence-corrected chi connectivity index (χ1v) is 14.9. The summed E-state index contributed by atoms with van der Waals surface area (Å²) in [7, 11) is -2.29. The Hall–Kier alpha value is -3.86. The third-order valence-electron chi connectivity index (χ3n) is 6.92. The van der Waals surface area contributed by atoms with Crippen molar-refractivity contribution in [1.82, 2.24) is 0 Å². The van der Waals surface area contributed by atoms with Gasteiger partial charge in [0.15, 0.2) is 9.84 Å². The van der Waals surface area contributed by atoms with Gasteiger partial charge in [-0.05, 0) is 36.4 Å². The van der Waals surface area contributed by atoms with Crippen molar-refractivity contribution in [1.29, 1.82) is 0 Å². The second kappa shape index (κ2) is 14.2. The van der Waals surface area contributed by atoms with Gasteiger partial charge in [-0.15, -0.1) is 0 Å². The lowest BCUT2D eigenvalue weighted by atomic mass is 9.94. The molecule has 0 radical (unpaired) electrons. The highest BCUT2D eigenvalue weighted by molar-refractivity contribution is 7.91. The van der Waals surface area contributed by atoms with E-state index in [1.54, 1.807) is 78.9 Å². The molecular formula is C31H32O9S. The standard InChI is InChI=1S/C31H32O9S/c1-37-29-26(21-41(35,36)25-15-9-4-10-16-25)27(17-18-32)40-28(29)19-24(39-31(34)23-13-7-3-8-14-23)20-38-30(33)22-11-5-2-6-12-22/h2-16,18,24,26-29H,17,19-21H2,1H3/t24?,26-,27-,28+,29+/m0/s1. The number of carbonyl (C=O) groups excluding carboxylic acids is 3. The van der Waals surface area contributed by atoms with E-state index in [0.717, 1.165) is 0 Å². The van der Waals surface area contributed by atoms with Gasteiger partial charge in [0.05, 0.1) is 40.1 Å². The Morgan fingerprint density at radius 2 is 1.41 bits per heavy atom. The lowest BCUT2D eigenvalue weighted by molar-refractivity contribution is -0.111. The highest BCUT2D eigenvalue weighted by Gasteiger charge is 2.47. The molecule has 9 nitrogen and oxygen atoms in total. The molecule has 1 aliphatic rings. The van der Waals surface area contributed by atoms with Crippen LogP contribution < -0.4 is 0 Å². The maximum atomic E-state index is 13.2. The van der Waals surface area contributed by atoms with E-state index in [4.69, 9.17) is 18.9 Å². The van der Waals surface area contributed by atoms with E-state index < -0.39 is 52.1 Å². The second-order valence-corrected chi connectivity index (χ2v) is 11.7. The molecule has 0 saturated carbocycles. The summed E-state index contributed by atoms with van der Waals surface area (Å²) in [5.74, 6) is -2.18. The molecule has 0 N–H and O–H groups in total. The highest BCUT2D eigenvalue weighted by Crippen LogP contribution is 2.36. The van der Waals surface area contributed by atoms with Crippen molar-refractivity contribution < 1.29 is 41.7 Å². The molecule has 4 rings (SSSR count). The number of hydrogen-bond acceptors (Lipinski definition) is 9. The fourth-order valence-corrected chi connectivity index (χ4v) is 6.62. The second-order valence-electron chi connectivity index (χ2n) is 9.67. The topological polar surface area (TPSA) is 122 Å². The maximum Gasteiger partial charge on any atom is 0.338 e. The highest BCUT2D eigenvalue weighted by atomic mass is 32.2. The van der Waals surface area contributed by atoms with Crippen molar-refractivity contribution in [2.75, 3.05) is 19.5 Å². The van der Waals surface area contributed by atoms with Crippen molar-refractivity contribution >= 4 is 28.1 Å². The molecule has 0 aliphatic carbocycles. The van der Waals surface area contributed by atoms with Gasteiger partial charge in [0.25, 0.3) is 0 Å². The van der Waals surface area contributed by atoms with Crippen LogP contribution >= 0.6 is 0 Å². The molecule has 1 unspecified atom stereocenters. The van der Waals surface area contributed by atoms with E-state index in [0.29, 0.717) is 17.4 Å². The van der Waals surface area contributed by atoms with Gasteiger partial charge in [0.2, 0.25) is 0 Å². The van der Waals surface area contributed by atoms with Gasteiger partial charge in [-0.2, -0.15) is 0 Å². The third kappa shape index (κ3) is 7.87. The molecule has 216 valence electrons. The first kappa shape index (κ1) is 30.1. The minimum absolute atomic E-state index is 0.0381. The van der Waals surface area contributed by atoms with Crippen LogP contribution in [0.2, 0.25) is 0 Å². The lowest BCUT2D eigenvalue weighted by Gasteiger charge is -2.25. The summed E-state index contributed by atoms with van der Waals surface area (Å²) in [6.07, 6.45) is -2.49. The van der Waals surface area contributed by atoms with Crippen LogP contribution in [-0.4, -0.2) is 70.5 Å². The van der Waals surface area contributed by atoms with Crippen LogP contribution in [0.25, 0.3) is 0 Å². The zero-order valence-corrected chi connectivity index (χ0v) is 23.4. The molecule has 1 saturated heterocycles. The summed E-state index contributed by atoms with van der Waals surface area (Å²) in [5.41, 5.74) is 0.651. The smallest absolute Gasteiger partial charge is 0.338 e. The molecule has 5 atom stereocenters. The quantitative estimate of drug-likeness (QED) is 0.219. The summed E-state index contributed by atoms with van der Waals surface area (Å²) in [4.78, 5) is 37.2. The Kier molecular flexibility index (Phi) is 10.4. The summed E-state index contributed by atoms with van der Waals surface area (Å²) in [6, 6.07) is 24.8. The average Bonchev–Trinajstić information content (AvgIpc) is 3.31. The van der Waals surface area contributed by atoms with E-state index >= 15 is 0 Å².